The fourth-order valence-corrected chi connectivity index (χ4v) is 2.99. The van der Waals surface area contributed by atoms with Gasteiger partial charge in [-0.2, -0.15) is 0 Å². The van der Waals surface area contributed by atoms with E-state index in [1.165, 1.54) is 7.11 Å². The highest BCUT2D eigenvalue weighted by Gasteiger charge is 2.41. The Bertz CT molecular complexity index is 683. The van der Waals surface area contributed by atoms with Gasteiger partial charge in [0.2, 0.25) is 0 Å². The maximum Gasteiger partial charge on any atom is 0.326 e. The Morgan fingerprint density at radius 3 is 2.70 bits per heavy atom. The Labute approximate surface area is 138 Å². The highest BCUT2D eigenvalue weighted by atomic mass is 79.9. The number of carbonyl (C=O) groups excluding carboxylic acids is 1. The SMILES string of the molecule is COC1CC(C(=O)O)N(C(=O)c2cc(F)cc([N+](=O)[O-])c2Br)C1. The largest absolute Gasteiger partial charge is 0.480 e. The number of carboxylic acids is 1. The number of halogens is 2. The van der Waals surface area contributed by atoms with Gasteiger partial charge >= 0.3 is 5.97 Å². The molecule has 1 aromatic rings. The number of benzene rings is 1. The van der Waals surface area contributed by atoms with Crippen LogP contribution in [0.2, 0.25) is 0 Å². The Morgan fingerprint density at radius 2 is 2.17 bits per heavy atom. The van der Waals surface area contributed by atoms with E-state index < -0.39 is 40.5 Å². The van der Waals surface area contributed by atoms with E-state index in [2.05, 4.69) is 15.9 Å². The smallest absolute Gasteiger partial charge is 0.326 e. The number of aliphatic carboxylic acids is 1. The van der Waals surface area contributed by atoms with Crippen LogP contribution in [0, 0.1) is 15.9 Å². The number of hydrogen-bond donors (Lipinski definition) is 1. The Kier molecular flexibility index (Phi) is 4.95. The molecule has 1 aromatic carbocycles. The second-order valence-corrected chi connectivity index (χ2v) is 5.74. The molecule has 1 saturated heterocycles. The van der Waals surface area contributed by atoms with Crippen molar-refractivity contribution in [3.8, 4) is 0 Å². The number of ether oxygens (including phenoxy) is 1. The number of methoxy groups -OCH3 is 1. The van der Waals surface area contributed by atoms with Crippen molar-refractivity contribution >= 4 is 33.5 Å². The summed E-state index contributed by atoms with van der Waals surface area (Å²) in [5.74, 6) is -3.00. The molecule has 0 bridgehead atoms. The van der Waals surface area contributed by atoms with E-state index in [1.54, 1.807) is 0 Å². The first-order valence-electron chi connectivity index (χ1n) is 6.46. The molecular formula is C13H12BrFN2O6. The van der Waals surface area contributed by atoms with Gasteiger partial charge in [-0.15, -0.1) is 0 Å². The summed E-state index contributed by atoms with van der Waals surface area (Å²) in [6.45, 7) is 0.00303. The van der Waals surface area contributed by atoms with Crippen LogP contribution in [0.3, 0.4) is 0 Å². The van der Waals surface area contributed by atoms with Crippen molar-refractivity contribution in [2.45, 2.75) is 18.6 Å². The van der Waals surface area contributed by atoms with Crippen molar-refractivity contribution in [3.63, 3.8) is 0 Å². The summed E-state index contributed by atoms with van der Waals surface area (Å²) in [6.07, 6.45) is -0.380. The number of carbonyl (C=O) groups is 2. The van der Waals surface area contributed by atoms with Gasteiger partial charge in [0.15, 0.2) is 0 Å². The molecule has 1 heterocycles. The topological polar surface area (TPSA) is 110 Å². The molecular weight excluding hydrogens is 379 g/mol. The standard InChI is InChI=1S/C13H12BrFN2O6/c1-23-7-4-10(13(19)20)16(5-7)12(18)8-2-6(15)3-9(11(8)14)17(21)22/h2-3,7,10H,4-5H2,1H3,(H,19,20). The first kappa shape index (κ1) is 17.3. The van der Waals surface area contributed by atoms with Crippen molar-refractivity contribution < 1.29 is 28.7 Å². The highest BCUT2D eigenvalue weighted by molar-refractivity contribution is 9.10. The number of nitrogens with zero attached hydrogens (tertiary/aromatic N) is 2. The monoisotopic (exact) mass is 390 g/mol. The molecule has 8 nitrogen and oxygen atoms in total. The molecule has 10 heteroatoms. The predicted octanol–water partition coefficient (Wildman–Crippen LogP) is 1.81. The summed E-state index contributed by atoms with van der Waals surface area (Å²) in [4.78, 5) is 34.9. The zero-order chi connectivity index (χ0) is 17.3. The zero-order valence-corrected chi connectivity index (χ0v) is 13.4. The summed E-state index contributed by atoms with van der Waals surface area (Å²) < 4.78 is 18.5. The second-order valence-electron chi connectivity index (χ2n) is 4.95. The first-order chi connectivity index (χ1) is 10.8. The molecule has 2 unspecified atom stereocenters. The molecule has 1 aliphatic rings. The maximum atomic E-state index is 13.6. The van der Waals surface area contributed by atoms with Gasteiger partial charge in [-0.1, -0.05) is 0 Å². The van der Waals surface area contributed by atoms with Crippen molar-refractivity contribution in [1.29, 1.82) is 0 Å². The third kappa shape index (κ3) is 3.32. The van der Waals surface area contributed by atoms with E-state index in [0.717, 1.165) is 11.0 Å². The van der Waals surface area contributed by atoms with Gasteiger partial charge < -0.3 is 14.7 Å². The van der Waals surface area contributed by atoms with E-state index in [0.29, 0.717) is 6.07 Å². The number of amides is 1. The molecule has 23 heavy (non-hydrogen) atoms. The number of likely N-dealkylation sites (tertiary alicyclic amines) is 1. The maximum absolute atomic E-state index is 13.6. The lowest BCUT2D eigenvalue weighted by Crippen LogP contribution is -2.40. The molecule has 124 valence electrons. The molecule has 0 spiro atoms. The third-order valence-corrected chi connectivity index (χ3v) is 4.42. The Hall–Kier alpha value is -2.07. The molecule has 0 aliphatic carbocycles. The lowest BCUT2D eigenvalue weighted by Gasteiger charge is -2.21. The first-order valence-corrected chi connectivity index (χ1v) is 7.25. The van der Waals surface area contributed by atoms with Crippen LogP contribution in [0.25, 0.3) is 0 Å². The van der Waals surface area contributed by atoms with Crippen LogP contribution in [-0.2, 0) is 9.53 Å². The molecule has 0 radical (unpaired) electrons. The molecule has 1 aliphatic heterocycles. The average Bonchev–Trinajstić information content (AvgIpc) is 2.92. The van der Waals surface area contributed by atoms with Crippen molar-refractivity contribution in [1.82, 2.24) is 4.90 Å². The summed E-state index contributed by atoms with van der Waals surface area (Å²) in [5, 5.41) is 20.1. The second kappa shape index (κ2) is 6.59. The van der Waals surface area contributed by atoms with Crippen LogP contribution in [0.4, 0.5) is 10.1 Å². The Morgan fingerprint density at radius 1 is 1.52 bits per heavy atom. The molecule has 1 amide bonds. The normalized spacial score (nSPS) is 20.6. The van der Waals surface area contributed by atoms with E-state index >= 15 is 0 Å². The number of carboxylic acid groups (broad SMARTS) is 1. The lowest BCUT2D eigenvalue weighted by molar-refractivity contribution is -0.385. The van der Waals surface area contributed by atoms with Crippen LogP contribution in [0.15, 0.2) is 16.6 Å². The number of nitro benzene ring substituents is 1. The van der Waals surface area contributed by atoms with Gasteiger partial charge in [0.1, 0.15) is 16.3 Å². The van der Waals surface area contributed by atoms with Crippen molar-refractivity contribution in [3.05, 3.63) is 38.1 Å². The number of rotatable bonds is 4. The molecule has 1 N–H and O–H groups in total. The third-order valence-electron chi connectivity index (χ3n) is 3.59. The fourth-order valence-electron chi connectivity index (χ4n) is 2.44. The minimum Gasteiger partial charge on any atom is -0.480 e. The van der Waals surface area contributed by atoms with Gasteiger partial charge in [-0.05, 0) is 22.0 Å². The predicted molar refractivity (Wildman–Crippen MR) is 78.6 cm³/mol. The van der Waals surface area contributed by atoms with Crippen LogP contribution < -0.4 is 0 Å². The number of hydrogen-bond acceptors (Lipinski definition) is 5. The van der Waals surface area contributed by atoms with Crippen LogP contribution >= 0.6 is 15.9 Å². The van der Waals surface area contributed by atoms with Crippen LogP contribution in [0.1, 0.15) is 16.8 Å². The van der Waals surface area contributed by atoms with Crippen LogP contribution in [-0.4, -0.2) is 52.6 Å². The summed E-state index contributed by atoms with van der Waals surface area (Å²) >= 11 is 2.92. The van der Waals surface area contributed by atoms with Gasteiger partial charge in [0.25, 0.3) is 11.6 Å². The molecule has 1 fully saturated rings. The van der Waals surface area contributed by atoms with E-state index in [4.69, 9.17) is 4.74 Å². The fraction of sp³-hybridized carbons (Fsp3) is 0.385. The molecule has 2 rings (SSSR count). The summed E-state index contributed by atoms with van der Waals surface area (Å²) in [5.41, 5.74) is -0.914. The van der Waals surface area contributed by atoms with Gasteiger partial charge in [-0.3, -0.25) is 14.9 Å². The molecule has 0 aromatic heterocycles. The lowest BCUT2D eigenvalue weighted by atomic mass is 10.1. The van der Waals surface area contributed by atoms with E-state index in [-0.39, 0.29) is 23.0 Å². The van der Waals surface area contributed by atoms with Gasteiger partial charge in [-0.25, -0.2) is 9.18 Å². The van der Waals surface area contributed by atoms with E-state index in [1.807, 2.05) is 0 Å². The molecule has 0 saturated carbocycles. The van der Waals surface area contributed by atoms with E-state index in [9.17, 15) is 29.2 Å². The van der Waals surface area contributed by atoms with Gasteiger partial charge in [0, 0.05) is 20.1 Å². The number of nitro groups is 1. The summed E-state index contributed by atoms with van der Waals surface area (Å²) in [7, 11) is 1.39. The van der Waals surface area contributed by atoms with Crippen LogP contribution in [0.5, 0.6) is 0 Å². The average molecular weight is 391 g/mol. The van der Waals surface area contributed by atoms with Gasteiger partial charge in [0.05, 0.1) is 22.7 Å². The summed E-state index contributed by atoms with van der Waals surface area (Å²) in [6, 6.07) is 0.373. The molecule has 2 atom stereocenters. The minimum absolute atomic E-state index is 0.00303. The Balaban J connectivity index is 2.44. The zero-order valence-electron chi connectivity index (χ0n) is 11.9. The van der Waals surface area contributed by atoms with Crippen molar-refractivity contribution in [2.24, 2.45) is 0 Å². The minimum atomic E-state index is -1.22. The van der Waals surface area contributed by atoms with Crippen molar-refractivity contribution in [2.75, 3.05) is 13.7 Å². The quantitative estimate of drug-likeness (QED) is 0.619. The highest BCUT2D eigenvalue weighted by Crippen LogP contribution is 2.32.